The van der Waals surface area contributed by atoms with Gasteiger partial charge in [-0.2, -0.15) is 0 Å². The molecule has 1 aromatic carbocycles. The first-order valence-electron chi connectivity index (χ1n) is 6.68. The molecule has 19 heavy (non-hydrogen) atoms. The Morgan fingerprint density at radius 1 is 1.32 bits per heavy atom. The van der Waals surface area contributed by atoms with E-state index in [-0.39, 0.29) is 6.10 Å². The van der Waals surface area contributed by atoms with Gasteiger partial charge in [0.1, 0.15) is 5.75 Å². The van der Waals surface area contributed by atoms with Gasteiger partial charge in [0.05, 0.1) is 13.2 Å². The normalized spacial score (nSPS) is 12.8. The van der Waals surface area contributed by atoms with Gasteiger partial charge in [-0.15, -0.1) is 0 Å². The fraction of sp³-hybridized carbons (Fsp3) is 0.600. The Kier molecular flexibility index (Phi) is 6.28. The average molecular weight is 266 g/mol. The smallest absolute Gasteiger partial charge is 0.123 e. The molecule has 0 amide bonds. The number of likely N-dealkylation sites (N-methyl/N-ethyl adjacent to an activating group) is 1. The predicted molar refractivity (Wildman–Crippen MR) is 78.5 cm³/mol. The van der Waals surface area contributed by atoms with Crippen LogP contribution in [0.25, 0.3) is 0 Å². The summed E-state index contributed by atoms with van der Waals surface area (Å²) in [5.41, 5.74) is 9.07. The van der Waals surface area contributed by atoms with E-state index in [2.05, 4.69) is 30.9 Å². The number of hydrogen-bond donors (Lipinski definition) is 2. The first kappa shape index (κ1) is 16.0. The number of ether oxygens (including phenoxy) is 1. The van der Waals surface area contributed by atoms with Gasteiger partial charge >= 0.3 is 0 Å². The summed E-state index contributed by atoms with van der Waals surface area (Å²) in [4.78, 5) is 2.09. The largest absolute Gasteiger partial charge is 0.496 e. The van der Waals surface area contributed by atoms with Crippen molar-refractivity contribution in [1.29, 1.82) is 0 Å². The van der Waals surface area contributed by atoms with E-state index in [1.807, 2.05) is 7.05 Å². The molecule has 1 unspecified atom stereocenters. The number of benzene rings is 1. The molecule has 0 spiro atoms. The third-order valence-electron chi connectivity index (χ3n) is 3.36. The Hall–Kier alpha value is -1.10. The van der Waals surface area contributed by atoms with Crippen LogP contribution in [-0.4, -0.2) is 43.4 Å². The number of aliphatic hydroxyl groups excluding tert-OH is 1. The van der Waals surface area contributed by atoms with Crippen LogP contribution in [-0.2, 0) is 6.54 Å². The Morgan fingerprint density at radius 2 is 1.95 bits per heavy atom. The highest BCUT2D eigenvalue weighted by atomic mass is 16.5. The van der Waals surface area contributed by atoms with Gasteiger partial charge in [0.15, 0.2) is 0 Å². The van der Waals surface area contributed by atoms with E-state index in [1.54, 1.807) is 7.11 Å². The van der Waals surface area contributed by atoms with Crippen molar-refractivity contribution in [3.8, 4) is 5.75 Å². The van der Waals surface area contributed by atoms with Crippen molar-refractivity contribution in [1.82, 2.24) is 4.90 Å². The van der Waals surface area contributed by atoms with Gasteiger partial charge in [-0.3, -0.25) is 4.90 Å². The van der Waals surface area contributed by atoms with Crippen molar-refractivity contribution >= 4 is 0 Å². The zero-order chi connectivity index (χ0) is 14.4. The molecule has 0 aromatic heterocycles. The maximum absolute atomic E-state index is 9.77. The van der Waals surface area contributed by atoms with Crippen LogP contribution < -0.4 is 10.5 Å². The third kappa shape index (κ3) is 4.82. The highest BCUT2D eigenvalue weighted by Gasteiger charge is 2.11. The molecule has 0 radical (unpaired) electrons. The molecule has 1 atom stereocenters. The van der Waals surface area contributed by atoms with E-state index >= 15 is 0 Å². The summed E-state index contributed by atoms with van der Waals surface area (Å²) in [5.74, 6) is 0.906. The van der Waals surface area contributed by atoms with Gasteiger partial charge in [-0.25, -0.2) is 0 Å². The fourth-order valence-corrected chi connectivity index (χ4v) is 2.16. The fourth-order valence-electron chi connectivity index (χ4n) is 2.16. The van der Waals surface area contributed by atoms with Crippen LogP contribution in [0.3, 0.4) is 0 Å². The highest BCUT2D eigenvalue weighted by Crippen LogP contribution is 2.24. The average Bonchev–Trinajstić information content (AvgIpc) is 2.33. The molecule has 3 N–H and O–H groups in total. The number of aryl methyl sites for hydroxylation is 2. The number of rotatable bonds is 7. The van der Waals surface area contributed by atoms with Crippen molar-refractivity contribution < 1.29 is 9.84 Å². The zero-order valence-corrected chi connectivity index (χ0v) is 12.4. The summed E-state index contributed by atoms with van der Waals surface area (Å²) < 4.78 is 5.43. The van der Waals surface area contributed by atoms with Crippen molar-refractivity contribution in [2.24, 2.45) is 5.73 Å². The number of nitrogens with zero attached hydrogens (tertiary/aromatic N) is 1. The number of nitrogens with two attached hydrogens (primary N) is 1. The van der Waals surface area contributed by atoms with Crippen molar-refractivity contribution in [2.75, 3.05) is 27.2 Å². The van der Waals surface area contributed by atoms with Gasteiger partial charge in [0.2, 0.25) is 0 Å². The summed E-state index contributed by atoms with van der Waals surface area (Å²) in [6, 6.07) is 4.22. The Balaban J connectivity index is 2.73. The predicted octanol–water partition coefficient (Wildman–Crippen LogP) is 1.45. The summed E-state index contributed by atoms with van der Waals surface area (Å²) >= 11 is 0. The molecule has 0 fully saturated rings. The molecule has 0 saturated heterocycles. The third-order valence-corrected chi connectivity index (χ3v) is 3.36. The van der Waals surface area contributed by atoms with Crippen LogP contribution in [0.4, 0.5) is 0 Å². The second-order valence-electron chi connectivity index (χ2n) is 5.18. The molecule has 0 aliphatic rings. The molecular formula is C15H26N2O2. The van der Waals surface area contributed by atoms with Gasteiger partial charge in [-0.1, -0.05) is 6.07 Å². The zero-order valence-electron chi connectivity index (χ0n) is 12.4. The quantitative estimate of drug-likeness (QED) is 0.784. The van der Waals surface area contributed by atoms with Crippen LogP contribution in [0.1, 0.15) is 23.1 Å². The standard InChI is InChI=1S/C15H26N2O2/c1-11-7-13(15(19-4)8-12(11)2)9-17(3)10-14(18)5-6-16/h7-8,14,18H,5-6,9-10,16H2,1-4H3. The molecule has 0 aliphatic heterocycles. The second-order valence-corrected chi connectivity index (χ2v) is 5.18. The van der Waals surface area contributed by atoms with Crippen molar-refractivity contribution in [2.45, 2.75) is 32.9 Å². The molecule has 4 nitrogen and oxygen atoms in total. The summed E-state index contributed by atoms with van der Waals surface area (Å²) in [7, 11) is 3.69. The number of methoxy groups -OCH3 is 1. The van der Waals surface area contributed by atoms with Crippen molar-refractivity contribution in [3.63, 3.8) is 0 Å². The lowest BCUT2D eigenvalue weighted by molar-refractivity contribution is 0.117. The first-order valence-corrected chi connectivity index (χ1v) is 6.68. The van der Waals surface area contributed by atoms with E-state index in [9.17, 15) is 5.11 Å². The molecule has 108 valence electrons. The lowest BCUT2D eigenvalue weighted by Crippen LogP contribution is -2.30. The van der Waals surface area contributed by atoms with Crippen molar-refractivity contribution in [3.05, 3.63) is 28.8 Å². The van der Waals surface area contributed by atoms with Gasteiger partial charge in [0, 0.05) is 18.7 Å². The molecule has 1 rings (SSSR count). The summed E-state index contributed by atoms with van der Waals surface area (Å²) in [6.07, 6.45) is 0.265. The molecular weight excluding hydrogens is 240 g/mol. The number of aliphatic hydroxyl groups is 1. The molecule has 1 aromatic rings. The lowest BCUT2D eigenvalue weighted by atomic mass is 10.0. The molecule has 0 bridgehead atoms. The van der Waals surface area contributed by atoms with Crippen LogP contribution >= 0.6 is 0 Å². The molecule has 0 heterocycles. The van der Waals surface area contributed by atoms with Gasteiger partial charge in [0.25, 0.3) is 0 Å². The SMILES string of the molecule is COc1cc(C)c(C)cc1CN(C)CC(O)CCN. The van der Waals surface area contributed by atoms with Gasteiger partial charge < -0.3 is 15.6 Å². The van der Waals surface area contributed by atoms with E-state index in [0.29, 0.717) is 19.5 Å². The Labute approximate surface area is 116 Å². The monoisotopic (exact) mass is 266 g/mol. The lowest BCUT2D eigenvalue weighted by Gasteiger charge is -2.22. The van der Waals surface area contributed by atoms with E-state index < -0.39 is 0 Å². The van der Waals surface area contributed by atoms with Gasteiger partial charge in [-0.05, 0) is 51.1 Å². The minimum atomic E-state index is -0.368. The molecule has 0 saturated carbocycles. The Morgan fingerprint density at radius 3 is 2.53 bits per heavy atom. The summed E-state index contributed by atoms with van der Waals surface area (Å²) in [6.45, 7) is 6.07. The molecule has 4 heteroatoms. The second kappa shape index (κ2) is 7.48. The maximum Gasteiger partial charge on any atom is 0.123 e. The minimum absolute atomic E-state index is 0.368. The van der Waals surface area contributed by atoms with Crippen LogP contribution in [0, 0.1) is 13.8 Å². The van der Waals surface area contributed by atoms with E-state index in [4.69, 9.17) is 10.5 Å². The first-order chi connectivity index (χ1) is 8.97. The minimum Gasteiger partial charge on any atom is -0.496 e. The van der Waals surface area contributed by atoms with Crippen LogP contribution in [0.15, 0.2) is 12.1 Å². The topological polar surface area (TPSA) is 58.7 Å². The number of hydrogen-bond acceptors (Lipinski definition) is 4. The van der Waals surface area contributed by atoms with E-state index in [1.165, 1.54) is 11.1 Å². The van der Waals surface area contributed by atoms with E-state index in [0.717, 1.165) is 17.9 Å². The Bertz CT molecular complexity index is 407. The highest BCUT2D eigenvalue weighted by molar-refractivity contribution is 5.41. The maximum atomic E-state index is 9.77. The molecule has 0 aliphatic carbocycles. The van der Waals surface area contributed by atoms with Crippen LogP contribution in [0.2, 0.25) is 0 Å². The van der Waals surface area contributed by atoms with Crippen LogP contribution in [0.5, 0.6) is 5.75 Å². The summed E-state index contributed by atoms with van der Waals surface area (Å²) in [5, 5.41) is 9.77.